The number of hydrogen-bond donors (Lipinski definition) is 2. The maximum absolute atomic E-state index is 12.0. The number of nitrogens with zero attached hydrogens (tertiary/aromatic N) is 1. The molecular weight excluding hydrogens is 345 g/mol. The van der Waals surface area contributed by atoms with Gasteiger partial charge in [0.05, 0.1) is 10.7 Å². The van der Waals surface area contributed by atoms with E-state index in [9.17, 15) is 4.79 Å². The molecule has 0 saturated carbocycles. The van der Waals surface area contributed by atoms with Crippen molar-refractivity contribution in [1.82, 2.24) is 10.2 Å². The van der Waals surface area contributed by atoms with E-state index in [1.54, 1.807) is 18.2 Å². The molecule has 0 unspecified atom stereocenters. The van der Waals surface area contributed by atoms with Crippen molar-refractivity contribution in [3.8, 4) is 0 Å². The lowest BCUT2D eigenvalue weighted by atomic mass is 10.1. The molecule has 1 aromatic carbocycles. The van der Waals surface area contributed by atoms with Crippen molar-refractivity contribution in [3.05, 3.63) is 28.2 Å². The summed E-state index contributed by atoms with van der Waals surface area (Å²) >= 11 is 11.9. The van der Waals surface area contributed by atoms with E-state index in [1.165, 1.54) is 0 Å². The van der Waals surface area contributed by atoms with Crippen LogP contribution in [0.1, 0.15) is 19.3 Å². The number of rotatable bonds is 5. The number of hydrogen-bond acceptors (Lipinski definition) is 3. The number of piperidine rings is 1. The van der Waals surface area contributed by atoms with Gasteiger partial charge < -0.3 is 15.5 Å². The van der Waals surface area contributed by atoms with Gasteiger partial charge in [0.2, 0.25) is 5.91 Å². The summed E-state index contributed by atoms with van der Waals surface area (Å²) in [5, 5.41) is 7.18. The average molecular weight is 367 g/mol. The van der Waals surface area contributed by atoms with Crippen molar-refractivity contribution in [3.63, 3.8) is 0 Å². The number of halogens is 3. The van der Waals surface area contributed by atoms with Crippen LogP contribution in [0.3, 0.4) is 0 Å². The van der Waals surface area contributed by atoms with Crippen molar-refractivity contribution < 1.29 is 4.79 Å². The van der Waals surface area contributed by atoms with E-state index in [2.05, 4.69) is 15.5 Å². The van der Waals surface area contributed by atoms with E-state index in [4.69, 9.17) is 23.2 Å². The molecule has 0 spiro atoms. The second kappa shape index (κ2) is 9.58. The minimum absolute atomic E-state index is 0. The molecule has 7 heteroatoms. The molecule has 2 N–H and O–H groups in total. The highest BCUT2D eigenvalue weighted by atomic mass is 35.5. The Morgan fingerprint density at radius 3 is 2.64 bits per heavy atom. The largest absolute Gasteiger partial charge is 0.325 e. The molecule has 2 rings (SSSR count). The number of likely N-dealkylation sites (tertiary alicyclic amines) is 1. The zero-order chi connectivity index (χ0) is 15.2. The lowest BCUT2D eigenvalue weighted by Crippen LogP contribution is -2.42. The van der Waals surface area contributed by atoms with Crippen molar-refractivity contribution in [2.45, 2.75) is 25.3 Å². The maximum atomic E-state index is 12.0. The fourth-order valence-electron chi connectivity index (χ4n) is 2.51. The van der Waals surface area contributed by atoms with Gasteiger partial charge in [0, 0.05) is 24.0 Å². The summed E-state index contributed by atoms with van der Waals surface area (Å²) in [6.45, 7) is 2.86. The Hall–Kier alpha value is -0.520. The Morgan fingerprint density at radius 2 is 2.00 bits per heavy atom. The van der Waals surface area contributed by atoms with Crippen LogP contribution in [0.15, 0.2) is 18.2 Å². The molecule has 1 fully saturated rings. The maximum Gasteiger partial charge on any atom is 0.225 e. The van der Waals surface area contributed by atoms with Gasteiger partial charge in [0.1, 0.15) is 0 Å². The normalized spacial score (nSPS) is 16.1. The predicted octanol–water partition coefficient (Wildman–Crippen LogP) is 3.43. The van der Waals surface area contributed by atoms with E-state index < -0.39 is 0 Å². The van der Waals surface area contributed by atoms with Crippen LogP contribution in [-0.2, 0) is 4.79 Å². The smallest absolute Gasteiger partial charge is 0.225 e. The number of nitrogens with one attached hydrogen (secondary N) is 2. The minimum atomic E-state index is -0.0325. The quantitative estimate of drug-likeness (QED) is 0.839. The Bertz CT molecular complexity index is 491. The number of carbonyl (C=O) groups is 1. The van der Waals surface area contributed by atoms with E-state index in [0.29, 0.717) is 28.2 Å². The fraction of sp³-hybridized carbons (Fsp3) is 0.533. The van der Waals surface area contributed by atoms with Crippen LogP contribution in [-0.4, -0.2) is 43.5 Å². The number of benzene rings is 1. The summed E-state index contributed by atoms with van der Waals surface area (Å²) in [4.78, 5) is 14.3. The molecule has 22 heavy (non-hydrogen) atoms. The third kappa shape index (κ3) is 5.94. The van der Waals surface area contributed by atoms with Crippen LogP contribution in [0.25, 0.3) is 0 Å². The van der Waals surface area contributed by atoms with E-state index in [0.717, 1.165) is 32.5 Å². The first-order valence-electron chi connectivity index (χ1n) is 7.23. The predicted molar refractivity (Wildman–Crippen MR) is 95.5 cm³/mol. The summed E-state index contributed by atoms with van der Waals surface area (Å²) in [5.41, 5.74) is 0.572. The van der Waals surface area contributed by atoms with Crippen molar-refractivity contribution in [2.24, 2.45) is 0 Å². The Balaban J connectivity index is 0.00000242. The van der Waals surface area contributed by atoms with Gasteiger partial charge in [0.25, 0.3) is 0 Å². The molecule has 1 amide bonds. The van der Waals surface area contributed by atoms with Crippen LogP contribution < -0.4 is 10.6 Å². The first kappa shape index (κ1) is 19.5. The molecular formula is C15H22Cl3N3O. The molecule has 0 atom stereocenters. The van der Waals surface area contributed by atoms with Crippen LogP contribution in [0.4, 0.5) is 5.69 Å². The molecule has 0 bridgehead atoms. The van der Waals surface area contributed by atoms with Gasteiger partial charge in [-0.25, -0.2) is 0 Å². The van der Waals surface area contributed by atoms with Crippen LogP contribution in [0.2, 0.25) is 10.0 Å². The summed E-state index contributed by atoms with van der Waals surface area (Å²) in [6, 6.07) is 5.66. The van der Waals surface area contributed by atoms with E-state index in [-0.39, 0.29) is 18.3 Å². The lowest BCUT2D eigenvalue weighted by Gasteiger charge is -2.31. The molecule has 1 aliphatic heterocycles. The SMILES string of the molecule is CNC1CCN(CCC(=O)Nc2cc(Cl)ccc2Cl)CC1.Cl. The van der Waals surface area contributed by atoms with E-state index >= 15 is 0 Å². The monoisotopic (exact) mass is 365 g/mol. The standard InChI is InChI=1S/C15H21Cl2N3O.ClH/c1-18-12-4-7-20(8-5-12)9-6-15(21)19-14-10-11(16)2-3-13(14)17;/h2-3,10,12,18H,4-9H2,1H3,(H,19,21);1H. The van der Waals surface area contributed by atoms with Gasteiger partial charge in [0.15, 0.2) is 0 Å². The Morgan fingerprint density at radius 1 is 1.32 bits per heavy atom. The topological polar surface area (TPSA) is 44.4 Å². The third-order valence-electron chi connectivity index (χ3n) is 3.85. The summed E-state index contributed by atoms with van der Waals surface area (Å²) in [7, 11) is 2.00. The van der Waals surface area contributed by atoms with Crippen molar-refractivity contribution in [2.75, 3.05) is 32.0 Å². The first-order chi connectivity index (χ1) is 10.1. The second-order valence-electron chi connectivity index (χ2n) is 5.33. The third-order valence-corrected chi connectivity index (χ3v) is 4.42. The average Bonchev–Trinajstić information content (AvgIpc) is 2.49. The van der Waals surface area contributed by atoms with E-state index in [1.807, 2.05) is 7.05 Å². The van der Waals surface area contributed by atoms with Crippen molar-refractivity contribution in [1.29, 1.82) is 0 Å². The van der Waals surface area contributed by atoms with Gasteiger partial charge in [-0.15, -0.1) is 12.4 Å². The Labute approximate surface area is 147 Å². The van der Waals surface area contributed by atoms with Gasteiger partial charge in [-0.05, 0) is 51.2 Å². The number of carbonyl (C=O) groups excluding carboxylic acids is 1. The Kier molecular flexibility index (Phi) is 8.50. The van der Waals surface area contributed by atoms with Crippen molar-refractivity contribution >= 4 is 47.2 Å². The minimum Gasteiger partial charge on any atom is -0.325 e. The molecule has 124 valence electrons. The molecule has 1 heterocycles. The summed E-state index contributed by atoms with van der Waals surface area (Å²) < 4.78 is 0. The highest BCUT2D eigenvalue weighted by molar-refractivity contribution is 6.35. The second-order valence-corrected chi connectivity index (χ2v) is 6.17. The highest BCUT2D eigenvalue weighted by Gasteiger charge is 2.18. The molecule has 0 radical (unpaired) electrons. The highest BCUT2D eigenvalue weighted by Crippen LogP contribution is 2.25. The van der Waals surface area contributed by atoms with Crippen LogP contribution in [0, 0.1) is 0 Å². The number of amides is 1. The van der Waals surface area contributed by atoms with Gasteiger partial charge in [-0.3, -0.25) is 4.79 Å². The molecule has 0 aromatic heterocycles. The molecule has 1 aromatic rings. The van der Waals surface area contributed by atoms with Gasteiger partial charge >= 0.3 is 0 Å². The zero-order valence-electron chi connectivity index (χ0n) is 12.6. The van der Waals surface area contributed by atoms with Gasteiger partial charge in [-0.2, -0.15) is 0 Å². The number of anilines is 1. The molecule has 1 saturated heterocycles. The fourth-order valence-corrected chi connectivity index (χ4v) is 2.85. The first-order valence-corrected chi connectivity index (χ1v) is 7.98. The summed E-state index contributed by atoms with van der Waals surface area (Å²) in [6.07, 6.45) is 2.74. The molecule has 0 aliphatic carbocycles. The molecule has 1 aliphatic rings. The lowest BCUT2D eigenvalue weighted by molar-refractivity contribution is -0.116. The summed E-state index contributed by atoms with van der Waals surface area (Å²) in [5.74, 6) is -0.0325. The molecule has 4 nitrogen and oxygen atoms in total. The van der Waals surface area contributed by atoms with Crippen LogP contribution in [0.5, 0.6) is 0 Å². The van der Waals surface area contributed by atoms with Crippen LogP contribution >= 0.6 is 35.6 Å². The zero-order valence-corrected chi connectivity index (χ0v) is 14.9. The van der Waals surface area contributed by atoms with Gasteiger partial charge in [-0.1, -0.05) is 23.2 Å².